The number of aliphatic hydroxyl groups is 1. The van der Waals surface area contributed by atoms with E-state index in [1.165, 1.54) is 23.9 Å². The topological polar surface area (TPSA) is 29.5 Å². The molecular weight excluding hydrogens is 275 g/mol. The second-order valence-electron chi connectivity index (χ2n) is 4.75. The highest BCUT2D eigenvalue weighted by Crippen LogP contribution is 2.30. The van der Waals surface area contributed by atoms with E-state index in [1.54, 1.807) is 12.1 Å². The minimum atomic E-state index is -0.532. The summed E-state index contributed by atoms with van der Waals surface area (Å²) in [5.41, 5.74) is 2.07. The molecule has 0 saturated heterocycles. The lowest BCUT2D eigenvalue weighted by atomic mass is 10.1. The Labute approximate surface area is 121 Å². The molecule has 1 aliphatic rings. The molecule has 3 rings (SSSR count). The predicted molar refractivity (Wildman–Crippen MR) is 77.7 cm³/mol. The summed E-state index contributed by atoms with van der Waals surface area (Å²) in [7, 11) is 0. The first-order chi connectivity index (χ1) is 9.72. The average Bonchev–Trinajstić information content (AvgIpc) is 2.93. The molecule has 0 amide bonds. The van der Waals surface area contributed by atoms with Gasteiger partial charge >= 0.3 is 0 Å². The van der Waals surface area contributed by atoms with E-state index < -0.39 is 6.10 Å². The molecule has 0 aliphatic carbocycles. The molecule has 20 heavy (non-hydrogen) atoms. The number of ether oxygens (including phenoxy) is 1. The van der Waals surface area contributed by atoms with Crippen LogP contribution in [0.25, 0.3) is 0 Å². The van der Waals surface area contributed by atoms with Crippen molar-refractivity contribution < 1.29 is 14.2 Å². The van der Waals surface area contributed by atoms with Crippen LogP contribution in [0.15, 0.2) is 47.4 Å². The summed E-state index contributed by atoms with van der Waals surface area (Å²) in [6, 6.07) is 12.1. The van der Waals surface area contributed by atoms with Crippen molar-refractivity contribution in [1.29, 1.82) is 0 Å². The van der Waals surface area contributed by atoms with Gasteiger partial charge in [0.2, 0.25) is 0 Å². The number of hydrogen-bond acceptors (Lipinski definition) is 3. The van der Waals surface area contributed by atoms with Crippen LogP contribution in [0.1, 0.15) is 17.2 Å². The summed E-state index contributed by atoms with van der Waals surface area (Å²) in [4.78, 5) is 0.954. The lowest BCUT2D eigenvalue weighted by molar-refractivity contribution is 0.204. The normalized spacial score (nSPS) is 14.7. The number of benzene rings is 2. The van der Waals surface area contributed by atoms with Crippen LogP contribution in [0.5, 0.6) is 5.75 Å². The SMILES string of the molecule is OC(CSc1ccc(F)cc1)c1ccc2c(c1)CCO2. The minimum absolute atomic E-state index is 0.242. The number of fused-ring (bicyclic) bond motifs is 1. The molecule has 4 heteroatoms. The van der Waals surface area contributed by atoms with E-state index in [-0.39, 0.29) is 5.82 Å². The van der Waals surface area contributed by atoms with E-state index >= 15 is 0 Å². The third-order valence-corrected chi connectivity index (χ3v) is 4.41. The minimum Gasteiger partial charge on any atom is -0.493 e. The van der Waals surface area contributed by atoms with Crippen molar-refractivity contribution >= 4 is 11.8 Å². The second kappa shape index (κ2) is 5.85. The predicted octanol–water partition coefficient (Wildman–Crippen LogP) is 3.59. The zero-order valence-corrected chi connectivity index (χ0v) is 11.7. The monoisotopic (exact) mass is 290 g/mol. The maximum absolute atomic E-state index is 12.8. The van der Waals surface area contributed by atoms with Crippen molar-refractivity contribution in [1.82, 2.24) is 0 Å². The largest absolute Gasteiger partial charge is 0.493 e. The van der Waals surface area contributed by atoms with Gasteiger partial charge in [-0.15, -0.1) is 11.8 Å². The average molecular weight is 290 g/mol. The van der Waals surface area contributed by atoms with Crippen LogP contribution in [-0.4, -0.2) is 17.5 Å². The van der Waals surface area contributed by atoms with Crippen molar-refractivity contribution in [3.05, 3.63) is 59.4 Å². The van der Waals surface area contributed by atoms with E-state index in [9.17, 15) is 9.50 Å². The Morgan fingerprint density at radius 2 is 2.00 bits per heavy atom. The van der Waals surface area contributed by atoms with Crippen LogP contribution >= 0.6 is 11.8 Å². The van der Waals surface area contributed by atoms with Gasteiger partial charge in [0, 0.05) is 17.1 Å². The third-order valence-electron chi connectivity index (χ3n) is 3.32. The highest BCUT2D eigenvalue weighted by Gasteiger charge is 2.15. The Kier molecular flexibility index (Phi) is 3.94. The molecule has 104 valence electrons. The molecule has 0 radical (unpaired) electrons. The second-order valence-corrected chi connectivity index (χ2v) is 5.84. The van der Waals surface area contributed by atoms with Gasteiger partial charge in [0.1, 0.15) is 11.6 Å². The molecule has 0 fully saturated rings. The first kappa shape index (κ1) is 13.5. The van der Waals surface area contributed by atoms with Crippen molar-refractivity contribution in [3.63, 3.8) is 0 Å². The number of thioether (sulfide) groups is 1. The van der Waals surface area contributed by atoms with Gasteiger partial charge in [0.15, 0.2) is 0 Å². The number of aliphatic hydroxyl groups excluding tert-OH is 1. The van der Waals surface area contributed by atoms with E-state index in [2.05, 4.69) is 0 Å². The van der Waals surface area contributed by atoms with Gasteiger partial charge in [-0.2, -0.15) is 0 Å². The first-order valence-corrected chi connectivity index (χ1v) is 7.53. The Hall–Kier alpha value is -1.52. The summed E-state index contributed by atoms with van der Waals surface area (Å²) < 4.78 is 18.3. The Morgan fingerprint density at radius 3 is 2.80 bits per heavy atom. The van der Waals surface area contributed by atoms with Gasteiger partial charge < -0.3 is 9.84 Å². The maximum atomic E-state index is 12.8. The summed E-state index contributed by atoms with van der Waals surface area (Å²) in [5.74, 6) is 1.23. The Morgan fingerprint density at radius 1 is 1.20 bits per heavy atom. The lowest BCUT2D eigenvalue weighted by Gasteiger charge is -2.12. The van der Waals surface area contributed by atoms with Crippen molar-refractivity contribution in [2.24, 2.45) is 0 Å². The summed E-state index contributed by atoms with van der Waals surface area (Å²) >= 11 is 1.52. The lowest BCUT2D eigenvalue weighted by Crippen LogP contribution is -2.01. The van der Waals surface area contributed by atoms with Gasteiger partial charge in [0.05, 0.1) is 12.7 Å². The zero-order chi connectivity index (χ0) is 13.9. The molecule has 1 unspecified atom stereocenters. The Balaban J connectivity index is 1.64. The van der Waals surface area contributed by atoms with Crippen LogP contribution in [0, 0.1) is 5.82 Å². The van der Waals surface area contributed by atoms with Gasteiger partial charge in [-0.3, -0.25) is 0 Å². The van der Waals surface area contributed by atoms with Crippen LogP contribution in [0.3, 0.4) is 0 Å². The molecule has 1 aliphatic heterocycles. The molecule has 2 aromatic carbocycles. The zero-order valence-electron chi connectivity index (χ0n) is 10.9. The van der Waals surface area contributed by atoms with E-state index in [0.717, 1.165) is 34.8 Å². The van der Waals surface area contributed by atoms with Crippen molar-refractivity contribution in [2.75, 3.05) is 12.4 Å². The van der Waals surface area contributed by atoms with Crippen molar-refractivity contribution in [3.8, 4) is 5.75 Å². The van der Waals surface area contributed by atoms with E-state index in [1.807, 2.05) is 18.2 Å². The van der Waals surface area contributed by atoms with Crippen LogP contribution in [0.2, 0.25) is 0 Å². The van der Waals surface area contributed by atoms with E-state index in [0.29, 0.717) is 5.75 Å². The van der Waals surface area contributed by atoms with E-state index in [4.69, 9.17) is 4.74 Å². The fourth-order valence-corrected chi connectivity index (χ4v) is 3.09. The fourth-order valence-electron chi connectivity index (χ4n) is 2.22. The smallest absolute Gasteiger partial charge is 0.123 e. The van der Waals surface area contributed by atoms with Crippen LogP contribution in [-0.2, 0) is 6.42 Å². The van der Waals surface area contributed by atoms with Gasteiger partial charge in [0.25, 0.3) is 0 Å². The molecule has 1 atom stereocenters. The summed E-state index contributed by atoms with van der Waals surface area (Å²) in [6.07, 6.45) is 0.372. The number of halogens is 1. The number of rotatable bonds is 4. The third kappa shape index (κ3) is 2.97. The van der Waals surface area contributed by atoms with Crippen molar-refractivity contribution in [2.45, 2.75) is 17.4 Å². The standard InChI is InChI=1S/C16H15FO2S/c17-13-2-4-14(5-3-13)20-10-15(18)11-1-6-16-12(9-11)7-8-19-16/h1-6,9,15,18H,7-8,10H2. The molecule has 0 bridgehead atoms. The maximum Gasteiger partial charge on any atom is 0.123 e. The molecule has 2 aromatic rings. The van der Waals surface area contributed by atoms with Crippen LogP contribution < -0.4 is 4.74 Å². The molecular formula is C16H15FO2S. The molecule has 1 N–H and O–H groups in total. The summed E-state index contributed by atoms with van der Waals surface area (Å²) in [5, 5.41) is 10.2. The Bertz CT molecular complexity index is 598. The first-order valence-electron chi connectivity index (χ1n) is 6.54. The summed E-state index contributed by atoms with van der Waals surface area (Å²) in [6.45, 7) is 0.721. The highest BCUT2D eigenvalue weighted by atomic mass is 32.2. The number of hydrogen-bond donors (Lipinski definition) is 1. The molecule has 1 heterocycles. The van der Waals surface area contributed by atoms with Gasteiger partial charge in [-0.1, -0.05) is 6.07 Å². The molecule has 0 aromatic heterocycles. The van der Waals surface area contributed by atoms with Gasteiger partial charge in [-0.25, -0.2) is 4.39 Å². The molecule has 0 spiro atoms. The highest BCUT2D eigenvalue weighted by molar-refractivity contribution is 7.99. The molecule has 2 nitrogen and oxygen atoms in total. The molecule has 0 saturated carbocycles. The quantitative estimate of drug-likeness (QED) is 0.873. The fraction of sp³-hybridized carbons (Fsp3) is 0.250. The van der Waals surface area contributed by atoms with Gasteiger partial charge in [-0.05, 0) is 47.5 Å². The van der Waals surface area contributed by atoms with Crippen LogP contribution in [0.4, 0.5) is 4.39 Å².